The molecular formula is C9H18O6. The van der Waals surface area contributed by atoms with E-state index in [1.54, 1.807) is 0 Å². The van der Waals surface area contributed by atoms with Crippen molar-refractivity contribution in [1.82, 2.24) is 0 Å². The molecular weight excluding hydrogens is 204 g/mol. The van der Waals surface area contributed by atoms with Gasteiger partial charge in [0.05, 0.1) is 0 Å². The van der Waals surface area contributed by atoms with Crippen LogP contribution in [-0.2, 0) is 9.78 Å². The van der Waals surface area contributed by atoms with Crippen molar-refractivity contribution in [3.63, 3.8) is 0 Å². The summed E-state index contributed by atoms with van der Waals surface area (Å²) >= 11 is 0. The van der Waals surface area contributed by atoms with Crippen molar-refractivity contribution >= 4 is 12.3 Å². The lowest BCUT2D eigenvalue weighted by Gasteiger charge is -1.90. The predicted octanol–water partition coefficient (Wildman–Crippen LogP) is 3.27. The second-order valence-corrected chi connectivity index (χ2v) is 2.76. The van der Waals surface area contributed by atoms with E-state index in [4.69, 9.17) is 10.2 Å². The molecule has 15 heavy (non-hydrogen) atoms. The number of carboxylic acid groups (broad SMARTS) is 2. The molecule has 2 N–H and O–H groups in total. The topological polar surface area (TPSA) is 93.1 Å². The van der Waals surface area contributed by atoms with E-state index in [-0.39, 0.29) is 0 Å². The van der Waals surface area contributed by atoms with Gasteiger partial charge in [0.15, 0.2) is 0 Å². The molecule has 0 atom stereocenters. The lowest BCUT2D eigenvalue weighted by atomic mass is 10.2. The van der Waals surface area contributed by atoms with E-state index in [1.165, 1.54) is 32.1 Å². The van der Waals surface area contributed by atoms with Gasteiger partial charge < -0.3 is 10.2 Å². The van der Waals surface area contributed by atoms with Crippen LogP contribution in [-0.4, -0.2) is 22.5 Å². The molecule has 0 amide bonds. The summed E-state index contributed by atoms with van der Waals surface area (Å²) in [5.41, 5.74) is 0. The minimum absolute atomic E-state index is 1.36. The summed E-state index contributed by atoms with van der Waals surface area (Å²) in [4.78, 5) is 24.8. The van der Waals surface area contributed by atoms with Gasteiger partial charge in [0.1, 0.15) is 0 Å². The van der Waals surface area contributed by atoms with Crippen LogP contribution in [0.5, 0.6) is 0 Å². The highest BCUT2D eigenvalue weighted by Gasteiger charge is 2.01. The van der Waals surface area contributed by atoms with Crippen molar-refractivity contribution in [2.75, 3.05) is 0 Å². The fourth-order valence-electron chi connectivity index (χ4n) is 0.748. The summed E-state index contributed by atoms with van der Waals surface area (Å²) in [7, 11) is 0. The SMILES string of the molecule is CCCCCCC.O=C(O)OOC(=O)O. The molecule has 0 unspecified atom stereocenters. The zero-order valence-electron chi connectivity index (χ0n) is 9.06. The van der Waals surface area contributed by atoms with Crippen LogP contribution in [0.1, 0.15) is 46.0 Å². The van der Waals surface area contributed by atoms with E-state index >= 15 is 0 Å². The Morgan fingerprint density at radius 1 is 0.867 bits per heavy atom. The standard InChI is InChI=1S/C7H16.C2H2O6/c1-3-5-7-6-4-2;3-1(4)7-8-2(5)6/h3-7H2,1-2H3;(H,3,4)(H,5,6). The van der Waals surface area contributed by atoms with Gasteiger partial charge in [-0.2, -0.15) is 0 Å². The molecule has 0 saturated heterocycles. The second kappa shape index (κ2) is 12.5. The van der Waals surface area contributed by atoms with Crippen molar-refractivity contribution < 1.29 is 29.6 Å². The number of carbonyl (C=O) groups is 2. The molecule has 0 aromatic carbocycles. The summed E-state index contributed by atoms with van der Waals surface area (Å²) in [5.74, 6) is 0. The molecule has 0 heterocycles. The average Bonchev–Trinajstić information content (AvgIpc) is 2.17. The molecule has 90 valence electrons. The predicted molar refractivity (Wildman–Crippen MR) is 52.7 cm³/mol. The zero-order chi connectivity index (χ0) is 12.1. The highest BCUT2D eigenvalue weighted by molar-refractivity contribution is 5.60. The van der Waals surface area contributed by atoms with Crippen LogP contribution in [0.25, 0.3) is 0 Å². The van der Waals surface area contributed by atoms with Gasteiger partial charge in [0.25, 0.3) is 0 Å². The quantitative estimate of drug-likeness (QED) is 0.430. The van der Waals surface area contributed by atoms with E-state index in [2.05, 4.69) is 23.6 Å². The van der Waals surface area contributed by atoms with Crippen molar-refractivity contribution in [2.45, 2.75) is 46.0 Å². The van der Waals surface area contributed by atoms with Gasteiger partial charge in [-0.1, -0.05) is 46.0 Å². The van der Waals surface area contributed by atoms with Crippen molar-refractivity contribution in [3.05, 3.63) is 0 Å². The van der Waals surface area contributed by atoms with Gasteiger partial charge in [-0.15, -0.1) is 0 Å². The normalized spacial score (nSPS) is 8.40. The maximum absolute atomic E-state index is 9.29. The summed E-state index contributed by atoms with van der Waals surface area (Å²) in [6.07, 6.45) is 3.41. The van der Waals surface area contributed by atoms with E-state index in [0.717, 1.165) is 0 Å². The molecule has 0 bridgehead atoms. The summed E-state index contributed by atoms with van der Waals surface area (Å²) in [6.45, 7) is 4.49. The van der Waals surface area contributed by atoms with Crippen LogP contribution in [0.3, 0.4) is 0 Å². The third-order valence-corrected chi connectivity index (χ3v) is 1.39. The van der Waals surface area contributed by atoms with Gasteiger partial charge in [-0.3, -0.25) is 0 Å². The number of unbranched alkanes of at least 4 members (excludes halogenated alkanes) is 4. The van der Waals surface area contributed by atoms with E-state index < -0.39 is 12.3 Å². The summed E-state index contributed by atoms with van der Waals surface area (Å²) in [5, 5.41) is 15.1. The average molecular weight is 222 g/mol. The molecule has 0 saturated carbocycles. The monoisotopic (exact) mass is 222 g/mol. The van der Waals surface area contributed by atoms with Crippen molar-refractivity contribution in [2.24, 2.45) is 0 Å². The first-order valence-corrected chi connectivity index (χ1v) is 4.84. The Balaban J connectivity index is 0. The molecule has 6 nitrogen and oxygen atoms in total. The van der Waals surface area contributed by atoms with E-state index in [1.807, 2.05) is 0 Å². The molecule has 0 aliphatic heterocycles. The molecule has 0 aromatic rings. The molecule has 0 spiro atoms. The van der Waals surface area contributed by atoms with Crippen LogP contribution >= 0.6 is 0 Å². The van der Waals surface area contributed by atoms with Gasteiger partial charge in [0, 0.05) is 0 Å². The Morgan fingerprint density at radius 3 is 1.40 bits per heavy atom. The first kappa shape index (κ1) is 16.0. The molecule has 0 radical (unpaired) electrons. The van der Waals surface area contributed by atoms with E-state index in [0.29, 0.717) is 0 Å². The van der Waals surface area contributed by atoms with E-state index in [9.17, 15) is 9.59 Å². The van der Waals surface area contributed by atoms with Crippen LogP contribution < -0.4 is 0 Å². The van der Waals surface area contributed by atoms with Crippen LogP contribution in [0.15, 0.2) is 0 Å². The Hall–Kier alpha value is -1.46. The number of hydrogen-bond donors (Lipinski definition) is 2. The highest BCUT2D eigenvalue weighted by Crippen LogP contribution is 2.00. The second-order valence-electron chi connectivity index (χ2n) is 2.76. The summed E-state index contributed by atoms with van der Waals surface area (Å²) < 4.78 is 0. The minimum atomic E-state index is -1.80. The van der Waals surface area contributed by atoms with Gasteiger partial charge in [-0.05, 0) is 0 Å². The fraction of sp³-hybridized carbons (Fsp3) is 0.778. The van der Waals surface area contributed by atoms with Crippen molar-refractivity contribution in [3.8, 4) is 0 Å². The maximum atomic E-state index is 9.29. The highest BCUT2D eigenvalue weighted by atomic mass is 17.2. The van der Waals surface area contributed by atoms with Crippen LogP contribution in [0, 0.1) is 0 Å². The maximum Gasteiger partial charge on any atom is 0.547 e. The first-order valence-electron chi connectivity index (χ1n) is 4.84. The largest absolute Gasteiger partial charge is 0.547 e. The lowest BCUT2D eigenvalue weighted by molar-refractivity contribution is -0.208. The Kier molecular flexibility index (Phi) is 13.4. The van der Waals surface area contributed by atoms with Crippen LogP contribution in [0.4, 0.5) is 9.59 Å². The van der Waals surface area contributed by atoms with Crippen molar-refractivity contribution in [1.29, 1.82) is 0 Å². The molecule has 0 aliphatic rings. The third-order valence-electron chi connectivity index (χ3n) is 1.39. The molecule has 0 aliphatic carbocycles. The molecule has 0 fully saturated rings. The Bertz CT molecular complexity index is 150. The third kappa shape index (κ3) is 24.5. The molecule has 0 aromatic heterocycles. The lowest BCUT2D eigenvalue weighted by Crippen LogP contribution is -2.05. The zero-order valence-corrected chi connectivity index (χ0v) is 9.06. The smallest absolute Gasteiger partial charge is 0.447 e. The summed E-state index contributed by atoms with van der Waals surface area (Å²) in [6, 6.07) is 0. The molecule has 6 heteroatoms. The van der Waals surface area contributed by atoms with Gasteiger partial charge in [-0.25, -0.2) is 19.4 Å². The fourth-order valence-corrected chi connectivity index (χ4v) is 0.748. The van der Waals surface area contributed by atoms with Gasteiger partial charge in [0.2, 0.25) is 0 Å². The number of rotatable bonds is 4. The first-order chi connectivity index (χ1) is 7.04. The Morgan fingerprint density at radius 2 is 1.20 bits per heavy atom. The molecule has 0 rings (SSSR count). The Labute approximate surface area is 88.7 Å². The van der Waals surface area contributed by atoms with Gasteiger partial charge >= 0.3 is 12.3 Å². The number of hydrogen-bond acceptors (Lipinski definition) is 4. The van der Waals surface area contributed by atoms with Crippen LogP contribution in [0.2, 0.25) is 0 Å². The minimum Gasteiger partial charge on any atom is -0.447 e.